The largest absolute Gasteiger partial charge is 0.233 e. The Morgan fingerprint density at radius 3 is 2.74 bits per heavy atom. The molecule has 3 aromatic rings. The lowest BCUT2D eigenvalue weighted by Crippen LogP contribution is -2.03. The first-order valence-electron chi connectivity index (χ1n) is 5.89. The number of aryl methyl sites for hydroxylation is 1. The van der Waals surface area contributed by atoms with Crippen molar-refractivity contribution < 1.29 is 0 Å². The van der Waals surface area contributed by atoms with Gasteiger partial charge in [-0.1, -0.05) is 41.4 Å². The summed E-state index contributed by atoms with van der Waals surface area (Å²) in [6, 6.07) is 9.57. The van der Waals surface area contributed by atoms with Gasteiger partial charge in [0.2, 0.25) is 0 Å². The lowest BCUT2D eigenvalue weighted by molar-refractivity contribution is 0.902. The van der Waals surface area contributed by atoms with Crippen LogP contribution in [0.4, 0.5) is 0 Å². The second-order valence-electron chi connectivity index (χ2n) is 4.34. The highest BCUT2D eigenvalue weighted by Gasteiger charge is 2.13. The van der Waals surface area contributed by atoms with Crippen molar-refractivity contribution in [2.75, 3.05) is 0 Å². The van der Waals surface area contributed by atoms with Gasteiger partial charge >= 0.3 is 0 Å². The minimum atomic E-state index is 0.590. The average Bonchev–Trinajstić information content (AvgIpc) is 2.84. The van der Waals surface area contributed by atoms with Crippen molar-refractivity contribution in [1.29, 1.82) is 0 Å². The Balaban J connectivity index is 2.12. The molecule has 5 heteroatoms. The van der Waals surface area contributed by atoms with Crippen molar-refractivity contribution in [2.45, 2.75) is 13.3 Å². The Hall–Kier alpha value is -1.58. The van der Waals surface area contributed by atoms with Crippen molar-refractivity contribution in [1.82, 2.24) is 14.6 Å². The second kappa shape index (κ2) is 4.83. The maximum Gasteiger partial charge on any atom is 0.156 e. The van der Waals surface area contributed by atoms with E-state index in [2.05, 4.69) is 10.1 Å². The molecule has 96 valence electrons. The van der Waals surface area contributed by atoms with Gasteiger partial charge in [0.1, 0.15) is 5.15 Å². The highest BCUT2D eigenvalue weighted by molar-refractivity contribution is 6.31. The zero-order valence-corrected chi connectivity index (χ0v) is 11.8. The van der Waals surface area contributed by atoms with E-state index in [0.717, 1.165) is 27.5 Å². The van der Waals surface area contributed by atoms with Gasteiger partial charge in [-0.15, -0.1) is 0 Å². The molecule has 2 aromatic heterocycles. The van der Waals surface area contributed by atoms with Crippen LogP contribution in [-0.4, -0.2) is 14.6 Å². The number of rotatable bonds is 2. The molecule has 0 saturated carbocycles. The van der Waals surface area contributed by atoms with E-state index in [1.807, 2.05) is 37.3 Å². The first kappa shape index (κ1) is 12.5. The second-order valence-corrected chi connectivity index (χ2v) is 5.10. The lowest BCUT2D eigenvalue weighted by Gasteiger charge is -2.10. The number of hydrogen-bond donors (Lipinski definition) is 0. The van der Waals surface area contributed by atoms with E-state index in [1.54, 1.807) is 10.7 Å². The fourth-order valence-corrected chi connectivity index (χ4v) is 2.62. The van der Waals surface area contributed by atoms with E-state index < -0.39 is 0 Å². The van der Waals surface area contributed by atoms with E-state index >= 15 is 0 Å². The molecule has 19 heavy (non-hydrogen) atoms. The van der Waals surface area contributed by atoms with Gasteiger partial charge < -0.3 is 0 Å². The van der Waals surface area contributed by atoms with Crippen molar-refractivity contribution in [2.24, 2.45) is 0 Å². The SMILES string of the molecule is Cc1nc2ccnn2c(Cl)c1Cc1ccccc1Cl. The molecule has 0 N–H and O–H groups in total. The molecule has 3 rings (SSSR count). The molecule has 0 saturated heterocycles. The molecule has 0 unspecified atom stereocenters. The van der Waals surface area contributed by atoms with Gasteiger partial charge in [-0.3, -0.25) is 0 Å². The predicted octanol–water partition coefficient (Wildman–Crippen LogP) is 3.94. The molecule has 0 aliphatic heterocycles. The van der Waals surface area contributed by atoms with E-state index in [1.165, 1.54) is 0 Å². The van der Waals surface area contributed by atoms with Crippen LogP contribution in [-0.2, 0) is 6.42 Å². The third kappa shape index (κ3) is 2.20. The van der Waals surface area contributed by atoms with Crippen LogP contribution in [0.15, 0.2) is 36.5 Å². The van der Waals surface area contributed by atoms with Gasteiger partial charge in [-0.2, -0.15) is 5.10 Å². The summed E-state index contributed by atoms with van der Waals surface area (Å²) >= 11 is 12.6. The zero-order valence-electron chi connectivity index (χ0n) is 10.3. The molecule has 2 heterocycles. The van der Waals surface area contributed by atoms with Gasteiger partial charge in [0.15, 0.2) is 5.65 Å². The van der Waals surface area contributed by atoms with Gasteiger partial charge in [0.05, 0.1) is 6.20 Å². The first-order chi connectivity index (χ1) is 9.16. The molecule has 0 fully saturated rings. The molecular formula is C14H11Cl2N3. The van der Waals surface area contributed by atoms with Crippen LogP contribution in [0.3, 0.4) is 0 Å². The Morgan fingerprint density at radius 1 is 1.16 bits per heavy atom. The Labute approximate surface area is 120 Å². The predicted molar refractivity (Wildman–Crippen MR) is 77.0 cm³/mol. The number of aromatic nitrogens is 3. The fraction of sp³-hybridized carbons (Fsp3) is 0.143. The molecule has 0 atom stereocenters. The summed E-state index contributed by atoms with van der Waals surface area (Å²) < 4.78 is 1.64. The number of fused-ring (bicyclic) bond motifs is 1. The summed E-state index contributed by atoms with van der Waals surface area (Å²) in [6.45, 7) is 1.95. The number of hydrogen-bond acceptors (Lipinski definition) is 2. The summed E-state index contributed by atoms with van der Waals surface area (Å²) in [4.78, 5) is 4.50. The summed E-state index contributed by atoms with van der Waals surface area (Å²) in [7, 11) is 0. The maximum atomic E-state index is 6.41. The van der Waals surface area contributed by atoms with Crippen LogP contribution in [0.1, 0.15) is 16.8 Å². The number of nitrogens with zero attached hydrogens (tertiary/aromatic N) is 3. The minimum Gasteiger partial charge on any atom is -0.233 e. The minimum absolute atomic E-state index is 0.590. The monoisotopic (exact) mass is 291 g/mol. The lowest BCUT2D eigenvalue weighted by atomic mass is 10.1. The standard InChI is InChI=1S/C14H11Cl2N3/c1-9-11(8-10-4-2-3-5-12(10)15)14(16)19-13(18-9)6-7-17-19/h2-7H,8H2,1H3. The summed E-state index contributed by atoms with van der Waals surface area (Å²) in [5.41, 5.74) is 3.64. The van der Waals surface area contributed by atoms with Crippen molar-refractivity contribution >= 4 is 28.8 Å². The van der Waals surface area contributed by atoms with E-state index in [9.17, 15) is 0 Å². The molecule has 3 nitrogen and oxygen atoms in total. The van der Waals surface area contributed by atoms with Crippen LogP contribution >= 0.6 is 23.2 Å². The maximum absolute atomic E-state index is 6.41. The van der Waals surface area contributed by atoms with E-state index in [-0.39, 0.29) is 0 Å². The van der Waals surface area contributed by atoms with Crippen molar-refractivity contribution in [3.63, 3.8) is 0 Å². The van der Waals surface area contributed by atoms with Gasteiger partial charge in [-0.05, 0) is 18.6 Å². The molecule has 0 aliphatic carbocycles. The molecule has 0 bridgehead atoms. The van der Waals surface area contributed by atoms with Gasteiger partial charge in [0.25, 0.3) is 0 Å². The van der Waals surface area contributed by atoms with E-state index in [0.29, 0.717) is 11.6 Å². The van der Waals surface area contributed by atoms with Crippen LogP contribution in [0.2, 0.25) is 10.2 Å². The fourth-order valence-electron chi connectivity index (χ4n) is 2.08. The molecule has 0 amide bonds. The summed E-state index contributed by atoms with van der Waals surface area (Å²) in [5.74, 6) is 0. The Kier molecular flexibility index (Phi) is 3.17. The highest BCUT2D eigenvalue weighted by atomic mass is 35.5. The Morgan fingerprint density at radius 2 is 1.95 bits per heavy atom. The molecule has 0 spiro atoms. The smallest absolute Gasteiger partial charge is 0.156 e. The van der Waals surface area contributed by atoms with Crippen LogP contribution in [0, 0.1) is 6.92 Å². The van der Waals surface area contributed by atoms with Crippen molar-refractivity contribution in [3.8, 4) is 0 Å². The Bertz CT molecular complexity index is 750. The van der Waals surface area contributed by atoms with E-state index in [4.69, 9.17) is 23.2 Å². The van der Waals surface area contributed by atoms with Crippen LogP contribution < -0.4 is 0 Å². The highest BCUT2D eigenvalue weighted by Crippen LogP contribution is 2.25. The number of halogens is 2. The quantitative estimate of drug-likeness (QED) is 0.670. The topological polar surface area (TPSA) is 30.2 Å². The zero-order chi connectivity index (χ0) is 13.4. The molecule has 0 aliphatic rings. The van der Waals surface area contributed by atoms with Crippen LogP contribution in [0.25, 0.3) is 5.65 Å². The average molecular weight is 292 g/mol. The number of benzene rings is 1. The molecular weight excluding hydrogens is 281 g/mol. The van der Waals surface area contributed by atoms with Gasteiger partial charge in [0, 0.05) is 28.8 Å². The van der Waals surface area contributed by atoms with Crippen molar-refractivity contribution in [3.05, 3.63) is 63.5 Å². The molecule has 1 aromatic carbocycles. The summed E-state index contributed by atoms with van der Waals surface area (Å²) in [5, 5.41) is 5.50. The van der Waals surface area contributed by atoms with Gasteiger partial charge in [-0.25, -0.2) is 9.50 Å². The molecule has 0 radical (unpaired) electrons. The third-order valence-corrected chi connectivity index (χ3v) is 3.86. The van der Waals surface area contributed by atoms with Crippen LogP contribution in [0.5, 0.6) is 0 Å². The summed E-state index contributed by atoms with van der Waals surface area (Å²) in [6.07, 6.45) is 2.33. The first-order valence-corrected chi connectivity index (χ1v) is 6.64. The third-order valence-electron chi connectivity index (χ3n) is 3.10. The normalized spacial score (nSPS) is 11.1.